The second kappa shape index (κ2) is 7.14. The third kappa shape index (κ3) is 3.49. The Morgan fingerprint density at radius 1 is 1.35 bits per heavy atom. The second-order valence-corrected chi connectivity index (χ2v) is 7.12. The van der Waals surface area contributed by atoms with Gasteiger partial charge in [-0.3, -0.25) is 0 Å². The standard InChI is InChI=1S/C14H14BrCl2NOS/c1-3-18-13(12-7-10(15)14(17)20-12)9-6-8(16)4-5-11(9)19-2/h4-7,13,18H,3H2,1-2H3. The third-order valence-electron chi connectivity index (χ3n) is 2.86. The first kappa shape index (κ1) is 16.1. The van der Waals surface area contributed by atoms with Crippen molar-refractivity contribution in [3.05, 3.63) is 48.5 Å². The monoisotopic (exact) mass is 393 g/mol. The van der Waals surface area contributed by atoms with E-state index >= 15 is 0 Å². The van der Waals surface area contributed by atoms with Crippen LogP contribution >= 0.6 is 50.5 Å². The SMILES string of the molecule is CCNC(c1cc(Br)c(Cl)s1)c1cc(Cl)ccc1OC. The van der Waals surface area contributed by atoms with E-state index in [1.54, 1.807) is 7.11 Å². The van der Waals surface area contributed by atoms with Crippen molar-refractivity contribution in [2.24, 2.45) is 0 Å². The minimum Gasteiger partial charge on any atom is -0.496 e. The number of hydrogen-bond donors (Lipinski definition) is 1. The van der Waals surface area contributed by atoms with E-state index in [-0.39, 0.29) is 6.04 Å². The van der Waals surface area contributed by atoms with Crippen molar-refractivity contribution >= 4 is 50.5 Å². The maximum atomic E-state index is 6.15. The molecular weight excluding hydrogens is 381 g/mol. The molecule has 2 rings (SSSR count). The molecule has 2 nitrogen and oxygen atoms in total. The van der Waals surface area contributed by atoms with Crippen LogP contribution in [0.5, 0.6) is 5.75 Å². The van der Waals surface area contributed by atoms with Crippen molar-refractivity contribution in [2.75, 3.05) is 13.7 Å². The zero-order valence-electron chi connectivity index (χ0n) is 11.0. The highest BCUT2D eigenvalue weighted by Gasteiger charge is 2.21. The Morgan fingerprint density at radius 2 is 2.10 bits per heavy atom. The molecule has 0 amide bonds. The van der Waals surface area contributed by atoms with E-state index in [2.05, 4.69) is 28.2 Å². The summed E-state index contributed by atoms with van der Waals surface area (Å²) in [6.45, 7) is 2.89. The van der Waals surface area contributed by atoms with Crippen LogP contribution in [0.3, 0.4) is 0 Å². The third-order valence-corrected chi connectivity index (χ3v) is 5.63. The van der Waals surface area contributed by atoms with Gasteiger partial charge in [0.05, 0.1) is 13.2 Å². The lowest BCUT2D eigenvalue weighted by Gasteiger charge is -2.20. The highest BCUT2D eigenvalue weighted by Crippen LogP contribution is 2.40. The predicted molar refractivity (Wildman–Crippen MR) is 90.6 cm³/mol. The van der Waals surface area contributed by atoms with E-state index < -0.39 is 0 Å². The van der Waals surface area contributed by atoms with Crippen LogP contribution in [0, 0.1) is 0 Å². The molecule has 0 bridgehead atoms. The molecule has 1 N–H and O–H groups in total. The lowest BCUT2D eigenvalue weighted by Crippen LogP contribution is -2.21. The topological polar surface area (TPSA) is 21.3 Å². The Kier molecular flexibility index (Phi) is 5.75. The fourth-order valence-electron chi connectivity index (χ4n) is 2.00. The average Bonchev–Trinajstić information content (AvgIpc) is 2.75. The van der Waals surface area contributed by atoms with Gasteiger partial charge in [0.15, 0.2) is 0 Å². The van der Waals surface area contributed by atoms with Crippen LogP contribution in [0.1, 0.15) is 23.4 Å². The highest BCUT2D eigenvalue weighted by atomic mass is 79.9. The largest absolute Gasteiger partial charge is 0.496 e. The fourth-order valence-corrected chi connectivity index (χ4v) is 4.02. The Hall–Kier alpha value is -0.260. The zero-order valence-corrected chi connectivity index (χ0v) is 15.0. The summed E-state index contributed by atoms with van der Waals surface area (Å²) < 4.78 is 7.09. The summed E-state index contributed by atoms with van der Waals surface area (Å²) in [7, 11) is 1.66. The Bertz CT molecular complexity index is 583. The van der Waals surface area contributed by atoms with Gasteiger partial charge >= 0.3 is 0 Å². The van der Waals surface area contributed by atoms with Gasteiger partial charge < -0.3 is 10.1 Å². The average molecular weight is 395 g/mol. The van der Waals surface area contributed by atoms with Crippen LogP contribution in [0.2, 0.25) is 9.36 Å². The molecule has 20 heavy (non-hydrogen) atoms. The van der Waals surface area contributed by atoms with Crippen molar-refractivity contribution in [1.29, 1.82) is 0 Å². The molecule has 0 fully saturated rings. The molecule has 1 atom stereocenters. The van der Waals surface area contributed by atoms with Crippen LogP contribution in [-0.2, 0) is 0 Å². The molecule has 0 radical (unpaired) electrons. The van der Waals surface area contributed by atoms with E-state index in [0.717, 1.165) is 31.5 Å². The number of hydrogen-bond acceptors (Lipinski definition) is 3. The van der Waals surface area contributed by atoms with Crippen molar-refractivity contribution in [2.45, 2.75) is 13.0 Å². The Balaban J connectivity index is 2.50. The number of thiophene rings is 1. The first-order valence-corrected chi connectivity index (χ1v) is 8.45. The Labute approximate surface area is 141 Å². The number of methoxy groups -OCH3 is 1. The van der Waals surface area contributed by atoms with Gasteiger partial charge in [-0.05, 0) is 46.7 Å². The smallest absolute Gasteiger partial charge is 0.124 e. The molecule has 0 aliphatic rings. The molecule has 0 aliphatic heterocycles. The van der Waals surface area contributed by atoms with Crippen molar-refractivity contribution in [3.8, 4) is 5.75 Å². The quantitative estimate of drug-likeness (QED) is 0.720. The van der Waals surface area contributed by atoms with Gasteiger partial charge in [0, 0.05) is 19.9 Å². The number of ether oxygens (including phenoxy) is 1. The summed E-state index contributed by atoms with van der Waals surface area (Å²) >= 11 is 17.3. The summed E-state index contributed by atoms with van der Waals surface area (Å²) in [6, 6.07) is 7.66. The maximum Gasteiger partial charge on any atom is 0.124 e. The van der Waals surface area contributed by atoms with Crippen molar-refractivity contribution in [3.63, 3.8) is 0 Å². The van der Waals surface area contributed by atoms with Gasteiger partial charge in [-0.25, -0.2) is 0 Å². The summed E-state index contributed by atoms with van der Waals surface area (Å²) in [5.74, 6) is 0.806. The summed E-state index contributed by atoms with van der Waals surface area (Å²) in [4.78, 5) is 1.12. The van der Waals surface area contributed by atoms with Crippen molar-refractivity contribution < 1.29 is 4.74 Å². The van der Waals surface area contributed by atoms with Crippen LogP contribution in [0.15, 0.2) is 28.7 Å². The van der Waals surface area contributed by atoms with E-state index in [4.69, 9.17) is 27.9 Å². The van der Waals surface area contributed by atoms with E-state index in [1.807, 2.05) is 24.3 Å². The molecule has 0 aliphatic carbocycles. The summed E-state index contributed by atoms with van der Waals surface area (Å²) in [5, 5.41) is 4.14. The Morgan fingerprint density at radius 3 is 2.65 bits per heavy atom. The van der Waals surface area contributed by atoms with Crippen molar-refractivity contribution in [1.82, 2.24) is 5.32 Å². The lowest BCUT2D eigenvalue weighted by atomic mass is 10.0. The van der Waals surface area contributed by atoms with Crippen LogP contribution < -0.4 is 10.1 Å². The predicted octanol–water partition coefficient (Wildman–Crippen LogP) is 5.52. The van der Waals surface area contributed by atoms with Gasteiger partial charge in [0.25, 0.3) is 0 Å². The maximum absolute atomic E-state index is 6.15. The number of benzene rings is 1. The molecule has 0 saturated carbocycles. The number of halogens is 3. The highest BCUT2D eigenvalue weighted by molar-refractivity contribution is 9.10. The normalized spacial score (nSPS) is 12.4. The first-order chi connectivity index (χ1) is 9.56. The molecule has 1 aromatic heterocycles. The minimum atomic E-state index is 0.00227. The molecule has 1 unspecified atom stereocenters. The number of rotatable bonds is 5. The van der Waals surface area contributed by atoms with Crippen LogP contribution in [0.25, 0.3) is 0 Å². The van der Waals surface area contributed by atoms with Gasteiger partial charge in [-0.2, -0.15) is 0 Å². The number of nitrogens with one attached hydrogen (secondary N) is 1. The molecule has 1 heterocycles. The molecule has 1 aromatic carbocycles. The molecule has 2 aromatic rings. The summed E-state index contributed by atoms with van der Waals surface area (Å²) in [6.07, 6.45) is 0. The summed E-state index contributed by atoms with van der Waals surface area (Å²) in [5.41, 5.74) is 1.01. The van der Waals surface area contributed by atoms with Crippen LogP contribution in [-0.4, -0.2) is 13.7 Å². The zero-order chi connectivity index (χ0) is 14.7. The van der Waals surface area contributed by atoms with Gasteiger partial charge in [0.1, 0.15) is 10.1 Å². The van der Waals surface area contributed by atoms with Gasteiger partial charge in [-0.15, -0.1) is 11.3 Å². The molecule has 6 heteroatoms. The van der Waals surface area contributed by atoms with Crippen LogP contribution in [0.4, 0.5) is 0 Å². The molecular formula is C14H14BrCl2NOS. The van der Waals surface area contributed by atoms with E-state index in [1.165, 1.54) is 11.3 Å². The molecule has 0 spiro atoms. The van der Waals surface area contributed by atoms with Gasteiger partial charge in [-0.1, -0.05) is 30.1 Å². The molecule has 108 valence electrons. The van der Waals surface area contributed by atoms with E-state index in [9.17, 15) is 0 Å². The van der Waals surface area contributed by atoms with Gasteiger partial charge in [0.2, 0.25) is 0 Å². The molecule has 0 saturated heterocycles. The lowest BCUT2D eigenvalue weighted by molar-refractivity contribution is 0.404. The second-order valence-electron chi connectivity index (χ2n) is 4.15. The minimum absolute atomic E-state index is 0.00227. The first-order valence-electron chi connectivity index (χ1n) is 6.08. The van der Waals surface area contributed by atoms with E-state index in [0.29, 0.717) is 5.02 Å². The fraction of sp³-hybridized carbons (Fsp3) is 0.286.